The lowest BCUT2D eigenvalue weighted by Gasteiger charge is -2.10. The number of rotatable bonds is 6. The van der Waals surface area contributed by atoms with Gasteiger partial charge in [0.25, 0.3) is 0 Å². The van der Waals surface area contributed by atoms with Gasteiger partial charge < -0.3 is 16.0 Å². The molecular weight excluding hydrogens is 278 g/mol. The van der Waals surface area contributed by atoms with E-state index in [1.54, 1.807) is 30.3 Å². The number of nitrogens with one attached hydrogen (secondary N) is 3. The van der Waals surface area contributed by atoms with Gasteiger partial charge in [0.15, 0.2) is 0 Å². The predicted octanol–water partition coefficient (Wildman–Crippen LogP) is 3.29. The van der Waals surface area contributed by atoms with Gasteiger partial charge in [0.1, 0.15) is 0 Å². The van der Waals surface area contributed by atoms with Crippen molar-refractivity contribution < 1.29 is 9.59 Å². The van der Waals surface area contributed by atoms with E-state index in [9.17, 15) is 9.59 Å². The van der Waals surface area contributed by atoms with Crippen molar-refractivity contribution in [3.05, 3.63) is 49.1 Å². The molecule has 1 aromatic rings. The van der Waals surface area contributed by atoms with Gasteiger partial charge in [-0.2, -0.15) is 0 Å². The topological polar surface area (TPSA) is 70.2 Å². The van der Waals surface area contributed by atoms with Gasteiger partial charge in [-0.1, -0.05) is 18.2 Å². The summed E-state index contributed by atoms with van der Waals surface area (Å²) in [6.07, 6.45) is 8.46. The summed E-state index contributed by atoms with van der Waals surface area (Å²) in [5, 5.41) is 8.19. The van der Waals surface area contributed by atoms with Crippen LogP contribution in [-0.2, 0) is 4.79 Å². The highest BCUT2D eigenvalue weighted by molar-refractivity contribution is 5.92. The highest BCUT2D eigenvalue weighted by Gasteiger charge is 2.13. The Morgan fingerprint density at radius 1 is 1.18 bits per heavy atom. The van der Waals surface area contributed by atoms with Crippen molar-refractivity contribution in [1.82, 2.24) is 5.32 Å². The average molecular weight is 299 g/mol. The average Bonchev–Trinajstić information content (AvgIpc) is 3.00. The summed E-state index contributed by atoms with van der Waals surface area (Å²) in [5.41, 5.74) is 1.39. The molecule has 0 saturated heterocycles. The smallest absolute Gasteiger partial charge is 0.319 e. The van der Waals surface area contributed by atoms with Crippen molar-refractivity contribution in [3.8, 4) is 0 Å². The van der Waals surface area contributed by atoms with Gasteiger partial charge in [-0.3, -0.25) is 4.79 Å². The number of carbonyl (C=O) groups excluding carboxylic acids is 2. The minimum Gasteiger partial charge on any atom is -0.334 e. The van der Waals surface area contributed by atoms with Gasteiger partial charge in [-0.05, 0) is 43.0 Å². The summed E-state index contributed by atoms with van der Waals surface area (Å²) in [6, 6.07) is 6.75. The van der Waals surface area contributed by atoms with Crippen LogP contribution in [0, 0.1) is 5.92 Å². The zero-order valence-corrected chi connectivity index (χ0v) is 12.5. The fourth-order valence-corrected chi connectivity index (χ4v) is 2.29. The summed E-state index contributed by atoms with van der Waals surface area (Å²) >= 11 is 0. The maximum atomic E-state index is 11.9. The molecule has 1 aliphatic carbocycles. The Balaban J connectivity index is 1.80. The van der Waals surface area contributed by atoms with E-state index in [-0.39, 0.29) is 11.9 Å². The summed E-state index contributed by atoms with van der Waals surface area (Å²) < 4.78 is 0. The molecule has 116 valence electrons. The normalized spacial score (nSPS) is 16.1. The number of hydrogen-bond acceptors (Lipinski definition) is 2. The van der Waals surface area contributed by atoms with Crippen molar-refractivity contribution in [2.45, 2.75) is 19.3 Å². The second kappa shape index (κ2) is 8.02. The Bertz CT molecular complexity index is 564. The van der Waals surface area contributed by atoms with Gasteiger partial charge in [-0.25, -0.2) is 4.79 Å². The molecule has 3 amide bonds. The molecule has 0 aromatic heterocycles. The van der Waals surface area contributed by atoms with Gasteiger partial charge >= 0.3 is 6.03 Å². The molecule has 22 heavy (non-hydrogen) atoms. The maximum absolute atomic E-state index is 11.9. The molecule has 0 aliphatic heterocycles. The van der Waals surface area contributed by atoms with E-state index >= 15 is 0 Å². The summed E-state index contributed by atoms with van der Waals surface area (Å²) in [7, 11) is 0. The van der Waals surface area contributed by atoms with Crippen molar-refractivity contribution in [2.24, 2.45) is 5.92 Å². The molecule has 0 saturated carbocycles. The van der Waals surface area contributed by atoms with Crippen LogP contribution < -0.4 is 16.0 Å². The maximum Gasteiger partial charge on any atom is 0.319 e. The highest BCUT2D eigenvalue weighted by Crippen LogP contribution is 2.21. The quantitative estimate of drug-likeness (QED) is 0.705. The molecule has 0 spiro atoms. The van der Waals surface area contributed by atoms with Crippen LogP contribution in [0.15, 0.2) is 49.1 Å². The van der Waals surface area contributed by atoms with Crippen LogP contribution >= 0.6 is 0 Å². The molecule has 2 rings (SSSR count). The number of urea groups is 1. The SMILES string of the molecule is C=CCNC(=O)Nc1ccc(NC(=O)C[C@@H]2C=CCC2)cc1. The lowest BCUT2D eigenvalue weighted by molar-refractivity contribution is -0.116. The number of hydrogen-bond donors (Lipinski definition) is 3. The molecule has 0 heterocycles. The number of anilines is 2. The van der Waals surface area contributed by atoms with Crippen molar-refractivity contribution in [3.63, 3.8) is 0 Å². The third kappa shape index (κ3) is 5.09. The standard InChI is InChI=1S/C17H21N3O2/c1-2-11-18-17(22)20-15-9-7-14(8-10-15)19-16(21)12-13-5-3-4-6-13/h2-3,5,7-10,13H,1,4,6,11-12H2,(H,19,21)(H2,18,20,22)/t13-/m1/s1. The molecule has 1 aromatic carbocycles. The fourth-order valence-electron chi connectivity index (χ4n) is 2.29. The molecule has 0 unspecified atom stereocenters. The zero-order chi connectivity index (χ0) is 15.8. The number of benzene rings is 1. The third-order valence-electron chi connectivity index (χ3n) is 3.39. The van der Waals surface area contributed by atoms with Gasteiger partial charge in [0.05, 0.1) is 0 Å². The van der Waals surface area contributed by atoms with Crippen LogP contribution in [0.3, 0.4) is 0 Å². The summed E-state index contributed by atoms with van der Waals surface area (Å²) in [4.78, 5) is 23.4. The first-order chi connectivity index (χ1) is 10.7. The minimum absolute atomic E-state index is 0.0148. The Labute approximate surface area is 130 Å². The van der Waals surface area contributed by atoms with E-state index in [2.05, 4.69) is 34.7 Å². The Morgan fingerprint density at radius 2 is 1.86 bits per heavy atom. The van der Waals surface area contributed by atoms with Gasteiger partial charge in [0, 0.05) is 24.3 Å². The second-order valence-corrected chi connectivity index (χ2v) is 5.22. The monoisotopic (exact) mass is 299 g/mol. The van der Waals surface area contributed by atoms with E-state index in [0.29, 0.717) is 24.6 Å². The van der Waals surface area contributed by atoms with E-state index in [4.69, 9.17) is 0 Å². The molecule has 0 radical (unpaired) electrons. The summed E-state index contributed by atoms with van der Waals surface area (Å²) in [6.45, 7) is 3.94. The first kappa shape index (κ1) is 15.8. The lowest BCUT2D eigenvalue weighted by atomic mass is 10.1. The number of carbonyl (C=O) groups is 2. The van der Waals surface area contributed by atoms with Gasteiger partial charge in [0.2, 0.25) is 5.91 Å². The van der Waals surface area contributed by atoms with Gasteiger partial charge in [-0.15, -0.1) is 6.58 Å². The predicted molar refractivity (Wildman–Crippen MR) is 88.8 cm³/mol. The third-order valence-corrected chi connectivity index (χ3v) is 3.39. The van der Waals surface area contributed by atoms with E-state index in [0.717, 1.165) is 18.5 Å². The molecule has 0 bridgehead atoms. The molecule has 0 fully saturated rings. The van der Waals surface area contributed by atoms with Crippen molar-refractivity contribution >= 4 is 23.3 Å². The Morgan fingerprint density at radius 3 is 2.45 bits per heavy atom. The number of amides is 3. The Kier molecular flexibility index (Phi) is 5.77. The molecule has 5 heteroatoms. The van der Waals surface area contributed by atoms with E-state index < -0.39 is 0 Å². The fraction of sp³-hybridized carbons (Fsp3) is 0.294. The summed E-state index contributed by atoms with van der Waals surface area (Å²) in [5.74, 6) is 0.371. The van der Waals surface area contributed by atoms with Crippen LogP contribution in [0.2, 0.25) is 0 Å². The second-order valence-electron chi connectivity index (χ2n) is 5.22. The van der Waals surface area contributed by atoms with Crippen molar-refractivity contribution in [1.29, 1.82) is 0 Å². The molecule has 5 nitrogen and oxygen atoms in total. The number of allylic oxidation sites excluding steroid dienone is 2. The largest absolute Gasteiger partial charge is 0.334 e. The van der Waals surface area contributed by atoms with Crippen LogP contribution in [0.25, 0.3) is 0 Å². The molecule has 1 aliphatic rings. The van der Waals surface area contributed by atoms with Crippen LogP contribution in [0.5, 0.6) is 0 Å². The Hall–Kier alpha value is -2.56. The highest BCUT2D eigenvalue weighted by atomic mass is 16.2. The zero-order valence-electron chi connectivity index (χ0n) is 12.5. The molecular formula is C17H21N3O2. The van der Waals surface area contributed by atoms with E-state index in [1.807, 2.05) is 0 Å². The lowest BCUT2D eigenvalue weighted by Crippen LogP contribution is -2.28. The minimum atomic E-state index is -0.287. The first-order valence-corrected chi connectivity index (χ1v) is 7.39. The molecule has 3 N–H and O–H groups in total. The van der Waals surface area contributed by atoms with Crippen LogP contribution in [0.1, 0.15) is 19.3 Å². The molecule has 1 atom stereocenters. The van der Waals surface area contributed by atoms with Crippen LogP contribution in [-0.4, -0.2) is 18.5 Å². The van der Waals surface area contributed by atoms with E-state index in [1.165, 1.54) is 0 Å². The first-order valence-electron chi connectivity index (χ1n) is 7.39. The van der Waals surface area contributed by atoms with Crippen molar-refractivity contribution in [2.75, 3.05) is 17.2 Å². The van der Waals surface area contributed by atoms with Crippen LogP contribution in [0.4, 0.5) is 16.2 Å².